The van der Waals surface area contributed by atoms with Crippen molar-refractivity contribution in [1.82, 2.24) is 0 Å². The largest absolute Gasteiger partial charge is 0.321 e. The van der Waals surface area contributed by atoms with E-state index in [2.05, 4.69) is 5.32 Å². The second-order valence-corrected chi connectivity index (χ2v) is 5.22. The zero-order chi connectivity index (χ0) is 17.7. The molecule has 0 bridgehead atoms. The molecule has 0 saturated carbocycles. The van der Waals surface area contributed by atoms with Crippen LogP contribution in [-0.4, -0.2) is 10.8 Å². The molecule has 1 amide bonds. The van der Waals surface area contributed by atoms with E-state index in [0.29, 0.717) is 11.3 Å². The van der Waals surface area contributed by atoms with Crippen LogP contribution in [0.5, 0.6) is 0 Å². The minimum atomic E-state index is -0.524. The van der Waals surface area contributed by atoms with E-state index in [1.807, 2.05) is 32.0 Å². The molecule has 0 fully saturated rings. The van der Waals surface area contributed by atoms with Crippen molar-refractivity contribution < 1.29 is 9.72 Å². The smallest absolute Gasteiger partial charge is 0.269 e. The number of benzene rings is 2. The predicted octanol–water partition coefficient (Wildman–Crippen LogP) is 3.76. The second-order valence-electron chi connectivity index (χ2n) is 5.22. The molecule has 0 unspecified atom stereocenters. The molecule has 24 heavy (non-hydrogen) atoms. The van der Waals surface area contributed by atoms with Crippen LogP contribution in [0.1, 0.15) is 16.7 Å². The van der Waals surface area contributed by atoms with Crippen molar-refractivity contribution in [2.75, 3.05) is 5.32 Å². The van der Waals surface area contributed by atoms with Gasteiger partial charge in [0.15, 0.2) is 0 Å². The van der Waals surface area contributed by atoms with Gasteiger partial charge in [0, 0.05) is 17.8 Å². The van der Waals surface area contributed by atoms with Crippen molar-refractivity contribution in [2.45, 2.75) is 13.8 Å². The third-order valence-corrected chi connectivity index (χ3v) is 3.63. The van der Waals surface area contributed by atoms with Crippen molar-refractivity contribution in [3.8, 4) is 6.07 Å². The van der Waals surface area contributed by atoms with Crippen LogP contribution in [0.15, 0.2) is 48.0 Å². The summed E-state index contributed by atoms with van der Waals surface area (Å²) in [5, 5.41) is 22.6. The number of hydrogen-bond acceptors (Lipinski definition) is 4. The van der Waals surface area contributed by atoms with E-state index >= 15 is 0 Å². The van der Waals surface area contributed by atoms with E-state index in [-0.39, 0.29) is 11.3 Å². The third kappa shape index (κ3) is 3.84. The van der Waals surface area contributed by atoms with Gasteiger partial charge in [-0.05, 0) is 54.8 Å². The Balaban J connectivity index is 2.24. The standard InChI is InChI=1S/C18H15N3O3/c1-12-4-3-5-17(13(12)2)20-18(22)15(11-19)10-14-6-8-16(9-7-14)21(23)24/h3-10H,1-2H3,(H,20,22)/b15-10-. The summed E-state index contributed by atoms with van der Waals surface area (Å²) in [5.41, 5.74) is 3.01. The molecular formula is C18H15N3O3. The van der Waals surface area contributed by atoms with E-state index in [4.69, 9.17) is 0 Å². The normalized spacial score (nSPS) is 10.8. The molecule has 2 rings (SSSR count). The fraction of sp³-hybridized carbons (Fsp3) is 0.111. The summed E-state index contributed by atoms with van der Waals surface area (Å²) < 4.78 is 0. The van der Waals surface area contributed by atoms with Gasteiger partial charge in [-0.3, -0.25) is 14.9 Å². The molecule has 6 heteroatoms. The average molecular weight is 321 g/mol. The Labute approximate surface area is 139 Å². The highest BCUT2D eigenvalue weighted by Crippen LogP contribution is 2.19. The van der Waals surface area contributed by atoms with E-state index in [9.17, 15) is 20.2 Å². The monoisotopic (exact) mass is 321 g/mol. The molecule has 0 spiro atoms. The van der Waals surface area contributed by atoms with Gasteiger partial charge in [0.1, 0.15) is 11.6 Å². The molecule has 0 aliphatic rings. The number of carbonyl (C=O) groups excluding carboxylic acids is 1. The van der Waals surface area contributed by atoms with Crippen LogP contribution in [-0.2, 0) is 4.79 Å². The minimum absolute atomic E-state index is 0.0505. The summed E-state index contributed by atoms with van der Waals surface area (Å²) >= 11 is 0. The zero-order valence-corrected chi connectivity index (χ0v) is 13.2. The first-order valence-electron chi connectivity index (χ1n) is 7.16. The predicted molar refractivity (Wildman–Crippen MR) is 91.2 cm³/mol. The molecule has 2 aromatic rings. The summed E-state index contributed by atoms with van der Waals surface area (Å²) in [4.78, 5) is 22.4. The van der Waals surface area contributed by atoms with Crippen molar-refractivity contribution in [2.24, 2.45) is 0 Å². The summed E-state index contributed by atoms with van der Waals surface area (Å²) in [6.45, 7) is 3.82. The lowest BCUT2D eigenvalue weighted by molar-refractivity contribution is -0.384. The zero-order valence-electron chi connectivity index (χ0n) is 13.2. The highest BCUT2D eigenvalue weighted by atomic mass is 16.6. The molecule has 120 valence electrons. The second kappa shape index (κ2) is 7.20. The van der Waals surface area contributed by atoms with Crippen LogP contribution in [0.3, 0.4) is 0 Å². The number of nitro groups is 1. The topological polar surface area (TPSA) is 96.0 Å². The first kappa shape index (κ1) is 16.9. The minimum Gasteiger partial charge on any atom is -0.321 e. The summed E-state index contributed by atoms with van der Waals surface area (Å²) in [7, 11) is 0. The number of nitriles is 1. The lowest BCUT2D eigenvalue weighted by Crippen LogP contribution is -2.14. The van der Waals surface area contributed by atoms with Gasteiger partial charge in [-0.25, -0.2) is 0 Å². The molecule has 1 N–H and O–H groups in total. The first-order chi connectivity index (χ1) is 11.4. The van der Waals surface area contributed by atoms with E-state index in [1.165, 1.54) is 30.3 Å². The van der Waals surface area contributed by atoms with Crippen molar-refractivity contribution in [1.29, 1.82) is 5.26 Å². The van der Waals surface area contributed by atoms with Crippen molar-refractivity contribution >= 4 is 23.4 Å². The lowest BCUT2D eigenvalue weighted by atomic mass is 10.1. The highest BCUT2D eigenvalue weighted by molar-refractivity contribution is 6.10. The van der Waals surface area contributed by atoms with Crippen molar-refractivity contribution in [3.05, 3.63) is 74.8 Å². The van der Waals surface area contributed by atoms with Crippen LogP contribution >= 0.6 is 0 Å². The molecule has 0 heterocycles. The lowest BCUT2D eigenvalue weighted by Gasteiger charge is -2.09. The number of carbonyl (C=O) groups is 1. The molecule has 0 atom stereocenters. The number of anilines is 1. The molecular weight excluding hydrogens is 306 g/mol. The van der Waals surface area contributed by atoms with Crippen LogP contribution in [0.2, 0.25) is 0 Å². The van der Waals surface area contributed by atoms with Gasteiger partial charge >= 0.3 is 0 Å². The SMILES string of the molecule is Cc1cccc(NC(=O)/C(C#N)=C\c2ccc([N+](=O)[O-])cc2)c1C. The molecule has 6 nitrogen and oxygen atoms in total. The fourth-order valence-corrected chi connectivity index (χ4v) is 2.08. The Kier molecular flexibility index (Phi) is 5.07. The van der Waals surface area contributed by atoms with Gasteiger partial charge in [-0.1, -0.05) is 12.1 Å². The summed E-state index contributed by atoms with van der Waals surface area (Å²) in [6.07, 6.45) is 1.39. The van der Waals surface area contributed by atoms with Gasteiger partial charge in [0.2, 0.25) is 0 Å². The number of nitro benzene ring substituents is 1. The molecule has 0 saturated heterocycles. The number of rotatable bonds is 4. The number of nitrogens with one attached hydrogen (secondary N) is 1. The number of nitrogens with zero attached hydrogens (tertiary/aromatic N) is 2. The Morgan fingerprint density at radius 3 is 2.46 bits per heavy atom. The van der Waals surface area contributed by atoms with Gasteiger partial charge in [-0.2, -0.15) is 5.26 Å². The van der Waals surface area contributed by atoms with Gasteiger partial charge < -0.3 is 5.32 Å². The fourth-order valence-electron chi connectivity index (χ4n) is 2.08. The quantitative estimate of drug-likeness (QED) is 0.401. The summed E-state index contributed by atoms with van der Waals surface area (Å²) in [5.74, 6) is -0.524. The maximum absolute atomic E-state index is 12.3. The Bertz CT molecular complexity index is 862. The van der Waals surface area contributed by atoms with Gasteiger partial charge in [0.05, 0.1) is 4.92 Å². The van der Waals surface area contributed by atoms with Crippen LogP contribution in [0.25, 0.3) is 6.08 Å². The highest BCUT2D eigenvalue weighted by Gasteiger charge is 2.12. The van der Waals surface area contributed by atoms with E-state index in [0.717, 1.165) is 11.1 Å². The third-order valence-electron chi connectivity index (χ3n) is 3.63. The first-order valence-corrected chi connectivity index (χ1v) is 7.16. The number of amides is 1. The van der Waals surface area contributed by atoms with E-state index < -0.39 is 10.8 Å². The van der Waals surface area contributed by atoms with Crippen LogP contribution in [0, 0.1) is 35.3 Å². The Morgan fingerprint density at radius 1 is 1.21 bits per heavy atom. The number of hydrogen-bond donors (Lipinski definition) is 1. The van der Waals surface area contributed by atoms with Crippen LogP contribution in [0.4, 0.5) is 11.4 Å². The molecule has 2 aromatic carbocycles. The maximum atomic E-state index is 12.3. The molecule has 0 aliphatic heterocycles. The molecule has 0 radical (unpaired) electrons. The average Bonchev–Trinajstić information content (AvgIpc) is 2.57. The van der Waals surface area contributed by atoms with Gasteiger partial charge in [0.25, 0.3) is 11.6 Å². The molecule has 0 aliphatic carbocycles. The van der Waals surface area contributed by atoms with Crippen LogP contribution < -0.4 is 5.32 Å². The molecule has 0 aromatic heterocycles. The number of aryl methyl sites for hydroxylation is 1. The number of non-ortho nitro benzene ring substituents is 1. The maximum Gasteiger partial charge on any atom is 0.269 e. The Hall–Kier alpha value is -3.46. The Morgan fingerprint density at radius 2 is 1.88 bits per heavy atom. The van der Waals surface area contributed by atoms with Gasteiger partial charge in [-0.15, -0.1) is 0 Å². The van der Waals surface area contributed by atoms with Crippen molar-refractivity contribution in [3.63, 3.8) is 0 Å². The summed E-state index contributed by atoms with van der Waals surface area (Å²) in [6, 6.07) is 13.0. The van der Waals surface area contributed by atoms with E-state index in [1.54, 1.807) is 6.07 Å².